The molecule has 4 aliphatic rings. The molecule has 0 bridgehead atoms. The van der Waals surface area contributed by atoms with E-state index in [0.29, 0.717) is 50.9 Å². The molecule has 146 valence electrons. The number of nitroso groups, excluding NO2 is 1. The van der Waals surface area contributed by atoms with Crippen molar-refractivity contribution in [1.29, 1.82) is 0 Å². The molecule has 0 spiro atoms. The minimum absolute atomic E-state index is 0.189. The fourth-order valence-electron chi connectivity index (χ4n) is 4.56. The third kappa shape index (κ3) is 3.80. The van der Waals surface area contributed by atoms with Crippen molar-refractivity contribution in [3.8, 4) is 0 Å². The molecule has 3 aliphatic heterocycles. The van der Waals surface area contributed by atoms with Crippen molar-refractivity contribution < 1.29 is 14.2 Å². The van der Waals surface area contributed by atoms with E-state index in [1.807, 2.05) is 0 Å². The van der Waals surface area contributed by atoms with Crippen molar-refractivity contribution in [3.05, 3.63) is 21.5 Å². The van der Waals surface area contributed by atoms with Crippen LogP contribution in [0.25, 0.3) is 0 Å². The van der Waals surface area contributed by atoms with Crippen molar-refractivity contribution in [2.75, 3.05) is 65.7 Å². The molecular weight excluding hydrogens is 336 g/mol. The predicted molar refractivity (Wildman–Crippen MR) is 96.4 cm³/mol. The molecule has 4 rings (SSSR count). The number of nitrogens with zero attached hydrogens (tertiary/aromatic N) is 4. The molecule has 1 aliphatic carbocycles. The number of morpholine rings is 2. The van der Waals surface area contributed by atoms with Gasteiger partial charge in [0.05, 0.1) is 44.7 Å². The van der Waals surface area contributed by atoms with Gasteiger partial charge in [-0.25, -0.2) is 0 Å². The van der Waals surface area contributed by atoms with Gasteiger partial charge in [-0.3, -0.25) is 9.80 Å². The quantitative estimate of drug-likeness (QED) is 0.681. The van der Waals surface area contributed by atoms with Gasteiger partial charge >= 0.3 is 0 Å². The maximum Gasteiger partial charge on any atom is 0.266 e. The zero-order chi connectivity index (χ0) is 17.9. The summed E-state index contributed by atoms with van der Waals surface area (Å²) in [6.07, 6.45) is 3.73. The number of rotatable bonds is 4. The SMILES string of the molecule is O=[N+]1C(CN2CCOCC2)=C(CN2CCOCC2)N([O-])[C@@H]2CCCC[C@H]21. The first-order valence-corrected chi connectivity index (χ1v) is 9.99. The molecule has 2 saturated heterocycles. The van der Waals surface area contributed by atoms with Gasteiger partial charge < -0.3 is 19.7 Å². The van der Waals surface area contributed by atoms with E-state index in [9.17, 15) is 10.1 Å². The van der Waals surface area contributed by atoms with E-state index in [4.69, 9.17) is 9.47 Å². The molecule has 2 atom stereocenters. The summed E-state index contributed by atoms with van der Waals surface area (Å²) in [6, 6.07) is -0.378. The lowest BCUT2D eigenvalue weighted by Gasteiger charge is -2.47. The number of fused-ring (bicyclic) bond motifs is 1. The second kappa shape index (κ2) is 8.31. The molecule has 0 unspecified atom stereocenters. The lowest BCUT2D eigenvalue weighted by Crippen LogP contribution is -2.55. The summed E-state index contributed by atoms with van der Waals surface area (Å²) in [5, 5.41) is 14.4. The minimum atomic E-state index is -0.189. The van der Waals surface area contributed by atoms with E-state index in [1.165, 1.54) is 9.82 Å². The minimum Gasteiger partial charge on any atom is -0.758 e. The van der Waals surface area contributed by atoms with Gasteiger partial charge in [-0.05, 0) is 12.8 Å². The first kappa shape index (κ1) is 18.3. The van der Waals surface area contributed by atoms with Crippen LogP contribution in [0.2, 0.25) is 0 Å². The summed E-state index contributed by atoms with van der Waals surface area (Å²) in [5.74, 6) is 0. The Hall–Kier alpha value is -1.06. The van der Waals surface area contributed by atoms with Crippen molar-refractivity contribution in [2.24, 2.45) is 0 Å². The van der Waals surface area contributed by atoms with Crippen LogP contribution in [0.5, 0.6) is 0 Å². The lowest BCUT2D eigenvalue weighted by atomic mass is 9.87. The van der Waals surface area contributed by atoms with Crippen molar-refractivity contribution >= 4 is 0 Å². The molecule has 3 fully saturated rings. The van der Waals surface area contributed by atoms with Gasteiger partial charge in [0, 0.05) is 48.8 Å². The molecular formula is C18H30N4O4. The van der Waals surface area contributed by atoms with E-state index < -0.39 is 0 Å². The molecule has 3 heterocycles. The molecule has 1 saturated carbocycles. The van der Waals surface area contributed by atoms with Gasteiger partial charge in [0.15, 0.2) is 0 Å². The first-order chi connectivity index (χ1) is 12.7. The maximum absolute atomic E-state index is 13.2. The Morgan fingerprint density at radius 1 is 0.923 bits per heavy atom. The second-order valence-corrected chi connectivity index (χ2v) is 7.74. The molecule has 0 radical (unpaired) electrons. The number of hydroxylamine groups is 2. The van der Waals surface area contributed by atoms with E-state index in [0.717, 1.165) is 51.9 Å². The summed E-state index contributed by atoms with van der Waals surface area (Å²) in [4.78, 5) is 17.7. The normalized spacial score (nSPS) is 32.0. The highest BCUT2D eigenvalue weighted by atomic mass is 16.5. The Labute approximate surface area is 154 Å². The highest BCUT2D eigenvalue weighted by Gasteiger charge is 2.47. The van der Waals surface area contributed by atoms with E-state index >= 15 is 0 Å². The smallest absolute Gasteiger partial charge is 0.266 e. The summed E-state index contributed by atoms with van der Waals surface area (Å²) in [5.41, 5.74) is 1.35. The summed E-state index contributed by atoms with van der Waals surface area (Å²) >= 11 is 0. The van der Waals surface area contributed by atoms with Gasteiger partial charge in [0.2, 0.25) is 6.04 Å². The van der Waals surface area contributed by atoms with Gasteiger partial charge in [-0.1, -0.05) is 6.42 Å². The number of ether oxygens (including phenoxy) is 2. The fraction of sp³-hybridized carbons (Fsp3) is 0.889. The van der Waals surface area contributed by atoms with E-state index in [2.05, 4.69) is 9.80 Å². The molecule has 0 N–H and O–H groups in total. The average molecular weight is 366 g/mol. The van der Waals surface area contributed by atoms with Crippen LogP contribution in [-0.2, 0) is 9.47 Å². The topological polar surface area (TPSA) is 71.3 Å². The van der Waals surface area contributed by atoms with Gasteiger partial charge in [-0.2, -0.15) is 0 Å². The van der Waals surface area contributed by atoms with Crippen LogP contribution < -0.4 is 0 Å². The van der Waals surface area contributed by atoms with Crippen LogP contribution in [-0.4, -0.2) is 97.4 Å². The van der Waals surface area contributed by atoms with E-state index in [1.54, 1.807) is 0 Å². The Balaban J connectivity index is 1.60. The molecule has 8 heteroatoms. The van der Waals surface area contributed by atoms with Crippen molar-refractivity contribution in [2.45, 2.75) is 37.8 Å². The van der Waals surface area contributed by atoms with Gasteiger partial charge in [0.25, 0.3) is 5.70 Å². The van der Waals surface area contributed by atoms with Gasteiger partial charge in [-0.15, -0.1) is 0 Å². The average Bonchev–Trinajstić information content (AvgIpc) is 2.70. The molecule has 0 amide bonds. The van der Waals surface area contributed by atoms with Crippen LogP contribution in [0, 0.1) is 10.1 Å². The van der Waals surface area contributed by atoms with Gasteiger partial charge in [0.1, 0.15) is 0 Å². The highest BCUT2D eigenvalue weighted by Crippen LogP contribution is 2.34. The van der Waals surface area contributed by atoms with Crippen LogP contribution in [0.4, 0.5) is 0 Å². The standard InChI is InChI=1S/C18H30N4O4/c23-21-15-3-1-2-4-16(15)22(24)18(14-20-7-11-26-12-8-20)17(21)13-19-5-9-25-10-6-19/h15-16H,1-14H2/t15-,16-/m1/s1. The lowest BCUT2D eigenvalue weighted by molar-refractivity contribution is -0.560. The van der Waals surface area contributed by atoms with Crippen molar-refractivity contribution in [1.82, 2.24) is 14.9 Å². The third-order valence-electron chi connectivity index (χ3n) is 6.12. The maximum atomic E-state index is 13.2. The number of hydrogen-bond acceptors (Lipinski definition) is 7. The molecule has 26 heavy (non-hydrogen) atoms. The molecule has 8 nitrogen and oxygen atoms in total. The zero-order valence-corrected chi connectivity index (χ0v) is 15.5. The van der Waals surface area contributed by atoms with Crippen molar-refractivity contribution in [3.63, 3.8) is 0 Å². The highest BCUT2D eigenvalue weighted by molar-refractivity contribution is 5.17. The summed E-state index contributed by atoms with van der Waals surface area (Å²) in [7, 11) is 0. The first-order valence-electron chi connectivity index (χ1n) is 9.99. The number of hydrogen-bond donors (Lipinski definition) is 0. The zero-order valence-electron chi connectivity index (χ0n) is 15.5. The molecule has 0 aromatic heterocycles. The largest absolute Gasteiger partial charge is 0.758 e. The molecule has 0 aromatic rings. The van der Waals surface area contributed by atoms with Crippen LogP contribution in [0.15, 0.2) is 11.4 Å². The Bertz CT molecular complexity index is 543. The van der Waals surface area contributed by atoms with E-state index in [-0.39, 0.29) is 12.1 Å². The molecule has 0 aromatic carbocycles. The predicted octanol–water partition coefficient (Wildman–Crippen LogP) is 0.766. The summed E-state index contributed by atoms with van der Waals surface area (Å²) < 4.78 is 12.1. The summed E-state index contributed by atoms with van der Waals surface area (Å²) in [6.45, 7) is 7.13. The fourth-order valence-corrected chi connectivity index (χ4v) is 4.56. The Morgan fingerprint density at radius 2 is 1.50 bits per heavy atom. The monoisotopic (exact) mass is 366 g/mol. The Kier molecular flexibility index (Phi) is 5.85. The van der Waals surface area contributed by atoms with Crippen LogP contribution in [0.1, 0.15) is 25.7 Å². The third-order valence-corrected chi connectivity index (χ3v) is 6.12. The van der Waals surface area contributed by atoms with Crippen LogP contribution in [0.3, 0.4) is 0 Å². The van der Waals surface area contributed by atoms with Crippen LogP contribution >= 0.6 is 0 Å². The second-order valence-electron chi connectivity index (χ2n) is 7.74. The Morgan fingerprint density at radius 3 is 2.15 bits per heavy atom.